The van der Waals surface area contributed by atoms with Gasteiger partial charge in [-0.1, -0.05) is 13.8 Å². The molecule has 0 spiro atoms. The van der Waals surface area contributed by atoms with Gasteiger partial charge < -0.3 is 0 Å². The van der Waals surface area contributed by atoms with E-state index in [1.54, 1.807) is 13.8 Å². The van der Waals surface area contributed by atoms with Crippen LogP contribution in [0.15, 0.2) is 22.7 Å². The first-order valence-corrected chi connectivity index (χ1v) is 6.68. The Labute approximate surface area is 121 Å². The summed E-state index contributed by atoms with van der Waals surface area (Å²) in [6.45, 7) is 3.18. The number of carbonyl (C=O) groups excluding carboxylic acids is 2. The number of hydrogen-bond acceptors (Lipinski definition) is 2. The van der Waals surface area contributed by atoms with E-state index in [0.717, 1.165) is 17.0 Å². The molecule has 0 aromatic heterocycles. The monoisotopic (exact) mass is 349 g/mol. The zero-order valence-electron chi connectivity index (χ0n) is 10.7. The van der Waals surface area contributed by atoms with Crippen molar-refractivity contribution in [1.29, 1.82) is 0 Å². The molecule has 0 bridgehead atoms. The molecule has 0 saturated carbocycles. The fourth-order valence-electron chi connectivity index (χ4n) is 2.04. The van der Waals surface area contributed by atoms with Crippen LogP contribution in [-0.2, 0) is 15.8 Å². The Hall–Kier alpha value is -1.37. The molecule has 2 unspecified atom stereocenters. The van der Waals surface area contributed by atoms with Crippen LogP contribution in [0.4, 0.5) is 18.9 Å². The van der Waals surface area contributed by atoms with Gasteiger partial charge in [0.2, 0.25) is 11.8 Å². The number of anilines is 1. The number of rotatable bonds is 1. The average Bonchev–Trinajstić information content (AvgIpc) is 2.54. The number of alkyl halides is 3. The highest BCUT2D eigenvalue weighted by Gasteiger charge is 2.44. The van der Waals surface area contributed by atoms with Gasteiger partial charge in [-0.05, 0) is 34.1 Å². The van der Waals surface area contributed by atoms with Gasteiger partial charge in [-0.2, -0.15) is 13.2 Å². The predicted molar refractivity (Wildman–Crippen MR) is 70.0 cm³/mol. The number of hydrogen-bond donors (Lipinski definition) is 0. The molecule has 2 atom stereocenters. The highest BCUT2D eigenvalue weighted by molar-refractivity contribution is 9.10. The number of imide groups is 1. The van der Waals surface area contributed by atoms with Gasteiger partial charge in [0.15, 0.2) is 0 Å². The summed E-state index contributed by atoms with van der Waals surface area (Å²) in [4.78, 5) is 24.9. The van der Waals surface area contributed by atoms with Crippen LogP contribution < -0.4 is 4.90 Å². The summed E-state index contributed by atoms with van der Waals surface area (Å²) >= 11 is 3.09. The largest absolute Gasteiger partial charge is 0.416 e. The van der Waals surface area contributed by atoms with Crippen molar-refractivity contribution in [3.8, 4) is 0 Å². The molecule has 1 aromatic rings. The van der Waals surface area contributed by atoms with E-state index in [9.17, 15) is 22.8 Å². The summed E-state index contributed by atoms with van der Waals surface area (Å²) in [6.07, 6.45) is -4.53. The number of nitrogens with zero attached hydrogens (tertiary/aromatic N) is 1. The number of amides is 2. The standard InChI is InChI=1S/C13H11BrF3NO2/c1-6-7(2)12(20)18(11(6)19)10-5-8(13(15,16)17)3-4-9(10)14/h3-7H,1-2H3. The van der Waals surface area contributed by atoms with Gasteiger partial charge in [-0.25, -0.2) is 4.90 Å². The van der Waals surface area contributed by atoms with Gasteiger partial charge in [-0.15, -0.1) is 0 Å². The third-order valence-corrected chi connectivity index (χ3v) is 4.15. The van der Waals surface area contributed by atoms with Crippen molar-refractivity contribution in [3.63, 3.8) is 0 Å². The molecular weight excluding hydrogens is 339 g/mol. The quantitative estimate of drug-likeness (QED) is 0.726. The number of carbonyl (C=O) groups is 2. The van der Waals surface area contributed by atoms with Crippen molar-refractivity contribution in [1.82, 2.24) is 0 Å². The van der Waals surface area contributed by atoms with Crippen molar-refractivity contribution in [2.45, 2.75) is 20.0 Å². The molecule has 2 rings (SSSR count). The van der Waals surface area contributed by atoms with Crippen LogP contribution in [0.2, 0.25) is 0 Å². The molecule has 1 fully saturated rings. The lowest BCUT2D eigenvalue weighted by atomic mass is 10.00. The Morgan fingerprint density at radius 2 is 1.60 bits per heavy atom. The maximum absolute atomic E-state index is 12.7. The molecule has 1 heterocycles. The van der Waals surface area contributed by atoms with E-state index >= 15 is 0 Å². The van der Waals surface area contributed by atoms with E-state index in [2.05, 4.69) is 15.9 Å². The minimum absolute atomic E-state index is 0.0639. The van der Waals surface area contributed by atoms with Crippen LogP contribution in [0.1, 0.15) is 19.4 Å². The second kappa shape index (κ2) is 4.87. The number of benzene rings is 1. The van der Waals surface area contributed by atoms with E-state index in [0.29, 0.717) is 0 Å². The smallest absolute Gasteiger partial charge is 0.274 e. The van der Waals surface area contributed by atoms with E-state index in [1.807, 2.05) is 0 Å². The van der Waals surface area contributed by atoms with Crippen LogP contribution >= 0.6 is 15.9 Å². The lowest BCUT2D eigenvalue weighted by molar-refractivity contribution is -0.137. The van der Waals surface area contributed by atoms with Gasteiger partial charge in [-0.3, -0.25) is 9.59 Å². The Balaban J connectivity index is 2.53. The molecule has 3 nitrogen and oxygen atoms in total. The summed E-state index contributed by atoms with van der Waals surface area (Å²) in [6, 6.07) is 2.89. The zero-order chi connectivity index (χ0) is 15.2. The van der Waals surface area contributed by atoms with Gasteiger partial charge in [0.1, 0.15) is 0 Å². The molecule has 1 aliphatic rings. The van der Waals surface area contributed by atoms with Crippen LogP contribution in [-0.4, -0.2) is 11.8 Å². The van der Waals surface area contributed by atoms with Crippen molar-refractivity contribution in [2.24, 2.45) is 11.8 Å². The first-order valence-electron chi connectivity index (χ1n) is 5.89. The Kier molecular flexibility index (Phi) is 3.66. The molecule has 0 radical (unpaired) electrons. The van der Waals surface area contributed by atoms with Crippen LogP contribution in [0.5, 0.6) is 0 Å². The van der Waals surface area contributed by atoms with Gasteiger partial charge in [0, 0.05) is 16.3 Å². The molecule has 1 aromatic carbocycles. The second-order valence-corrected chi connectivity index (χ2v) is 5.61. The third kappa shape index (κ3) is 2.34. The van der Waals surface area contributed by atoms with E-state index in [4.69, 9.17) is 0 Å². The summed E-state index contributed by atoms with van der Waals surface area (Å²) < 4.78 is 38.5. The highest BCUT2D eigenvalue weighted by Crippen LogP contribution is 2.39. The summed E-state index contributed by atoms with van der Waals surface area (Å²) in [7, 11) is 0. The minimum Gasteiger partial charge on any atom is -0.274 e. The Morgan fingerprint density at radius 1 is 1.10 bits per heavy atom. The van der Waals surface area contributed by atoms with E-state index < -0.39 is 35.4 Å². The van der Waals surface area contributed by atoms with E-state index in [-0.39, 0.29) is 10.2 Å². The molecule has 0 aliphatic carbocycles. The topological polar surface area (TPSA) is 37.4 Å². The molecule has 108 valence electrons. The van der Waals surface area contributed by atoms with E-state index in [1.165, 1.54) is 6.07 Å². The van der Waals surface area contributed by atoms with Crippen molar-refractivity contribution >= 4 is 33.4 Å². The second-order valence-electron chi connectivity index (χ2n) is 4.75. The Bertz CT molecular complexity index is 565. The Morgan fingerprint density at radius 3 is 2.05 bits per heavy atom. The normalized spacial score (nSPS) is 23.6. The molecule has 1 saturated heterocycles. The molecule has 7 heteroatoms. The summed E-state index contributed by atoms with van der Waals surface area (Å²) in [5, 5.41) is 0. The fraction of sp³-hybridized carbons (Fsp3) is 0.385. The first kappa shape index (κ1) is 15.0. The maximum Gasteiger partial charge on any atom is 0.416 e. The van der Waals surface area contributed by atoms with Crippen LogP contribution in [0.3, 0.4) is 0 Å². The maximum atomic E-state index is 12.7. The van der Waals surface area contributed by atoms with Crippen LogP contribution in [0.25, 0.3) is 0 Å². The average molecular weight is 350 g/mol. The van der Waals surface area contributed by atoms with Crippen molar-refractivity contribution < 1.29 is 22.8 Å². The molecule has 1 aliphatic heterocycles. The fourth-order valence-corrected chi connectivity index (χ4v) is 2.47. The number of halogens is 4. The molecule has 0 N–H and O–H groups in total. The summed E-state index contributed by atoms with van der Waals surface area (Å²) in [5.74, 6) is -2.04. The lowest BCUT2D eigenvalue weighted by Gasteiger charge is -2.18. The van der Waals surface area contributed by atoms with Crippen molar-refractivity contribution in [3.05, 3.63) is 28.2 Å². The predicted octanol–water partition coefficient (Wildman–Crippen LogP) is 3.61. The first-order chi connectivity index (χ1) is 9.14. The van der Waals surface area contributed by atoms with Crippen molar-refractivity contribution in [2.75, 3.05) is 4.90 Å². The third-order valence-electron chi connectivity index (χ3n) is 3.48. The zero-order valence-corrected chi connectivity index (χ0v) is 12.2. The minimum atomic E-state index is -4.53. The van der Waals surface area contributed by atoms with Gasteiger partial charge in [0.25, 0.3) is 0 Å². The van der Waals surface area contributed by atoms with Gasteiger partial charge >= 0.3 is 6.18 Å². The van der Waals surface area contributed by atoms with Crippen LogP contribution in [0, 0.1) is 11.8 Å². The van der Waals surface area contributed by atoms with Gasteiger partial charge in [0.05, 0.1) is 11.3 Å². The summed E-state index contributed by atoms with van der Waals surface area (Å²) in [5.41, 5.74) is -0.963. The molecule has 20 heavy (non-hydrogen) atoms. The lowest BCUT2D eigenvalue weighted by Crippen LogP contribution is -2.31. The molecule has 2 amide bonds. The SMILES string of the molecule is CC1C(=O)N(c2cc(C(F)(F)F)ccc2Br)C(=O)C1C. The molecular formula is C13H11BrF3NO2. The highest BCUT2D eigenvalue weighted by atomic mass is 79.9.